The van der Waals surface area contributed by atoms with Gasteiger partial charge in [-0.25, -0.2) is 0 Å². The predicted octanol–water partition coefficient (Wildman–Crippen LogP) is 4.27. The van der Waals surface area contributed by atoms with Crippen molar-refractivity contribution in [3.05, 3.63) is 29.8 Å². The average molecular weight is 215 g/mol. The molecular formula is C11H15ClS. The van der Waals surface area contributed by atoms with E-state index in [1.807, 2.05) is 0 Å². The first kappa shape index (κ1) is 10.9. The Bertz CT molecular complexity index is 258. The molecule has 72 valence electrons. The van der Waals surface area contributed by atoms with Gasteiger partial charge in [-0.3, -0.25) is 0 Å². The molecule has 0 aromatic heterocycles. The third kappa shape index (κ3) is 3.24. The van der Waals surface area contributed by atoms with Crippen LogP contribution >= 0.6 is 23.4 Å². The van der Waals surface area contributed by atoms with E-state index in [1.165, 1.54) is 10.5 Å². The van der Waals surface area contributed by atoms with Crippen molar-refractivity contribution in [2.75, 3.05) is 5.21 Å². The minimum atomic E-state index is 0.240. The van der Waals surface area contributed by atoms with E-state index in [0.717, 1.165) is 0 Å². The zero-order chi connectivity index (χ0) is 9.90. The topological polar surface area (TPSA) is 0 Å². The van der Waals surface area contributed by atoms with Crippen molar-refractivity contribution in [2.24, 2.45) is 0 Å². The number of halogens is 1. The molecule has 0 radical (unpaired) electrons. The summed E-state index contributed by atoms with van der Waals surface area (Å²) in [7, 11) is 0. The molecule has 0 amide bonds. The van der Waals surface area contributed by atoms with Crippen LogP contribution in [0.15, 0.2) is 29.2 Å². The van der Waals surface area contributed by atoms with Crippen LogP contribution in [0.5, 0.6) is 0 Å². The number of hydrogen-bond donors (Lipinski definition) is 0. The first-order valence-electron chi connectivity index (χ1n) is 4.33. The van der Waals surface area contributed by atoms with E-state index in [1.54, 1.807) is 11.8 Å². The van der Waals surface area contributed by atoms with E-state index >= 15 is 0 Å². The minimum Gasteiger partial charge on any atom is -0.114 e. The van der Waals surface area contributed by atoms with Gasteiger partial charge in [-0.2, -0.15) is 0 Å². The molecule has 0 saturated heterocycles. The summed E-state index contributed by atoms with van der Waals surface area (Å²) in [4.78, 5) is 1.24. The van der Waals surface area contributed by atoms with Crippen LogP contribution in [-0.2, 0) is 5.41 Å². The van der Waals surface area contributed by atoms with Crippen LogP contribution in [0.3, 0.4) is 0 Å². The molecule has 0 aliphatic heterocycles. The fourth-order valence-corrected chi connectivity index (χ4v) is 1.95. The summed E-state index contributed by atoms with van der Waals surface area (Å²) in [5.74, 6) is 0. The summed E-state index contributed by atoms with van der Waals surface area (Å²) in [6, 6.07) is 8.62. The Balaban J connectivity index is 2.81. The molecular weight excluding hydrogens is 200 g/mol. The maximum absolute atomic E-state index is 5.63. The van der Waals surface area contributed by atoms with Crippen molar-refractivity contribution < 1.29 is 0 Å². The van der Waals surface area contributed by atoms with Gasteiger partial charge in [0.15, 0.2) is 0 Å². The van der Waals surface area contributed by atoms with Crippen molar-refractivity contribution >= 4 is 23.4 Å². The first-order chi connectivity index (χ1) is 6.04. The maximum Gasteiger partial charge on any atom is 0.0727 e. The van der Waals surface area contributed by atoms with Crippen LogP contribution in [0.1, 0.15) is 26.3 Å². The summed E-state index contributed by atoms with van der Waals surface area (Å²) in [5.41, 5.74) is 1.61. The molecule has 1 aromatic rings. The Morgan fingerprint density at radius 3 is 2.08 bits per heavy atom. The number of hydrogen-bond acceptors (Lipinski definition) is 1. The molecule has 0 bridgehead atoms. The summed E-state index contributed by atoms with van der Waals surface area (Å²) >= 11 is 7.29. The van der Waals surface area contributed by atoms with Crippen molar-refractivity contribution in [1.29, 1.82) is 0 Å². The van der Waals surface area contributed by atoms with E-state index < -0.39 is 0 Å². The lowest BCUT2D eigenvalue weighted by Crippen LogP contribution is -2.10. The minimum absolute atomic E-state index is 0.240. The van der Waals surface area contributed by atoms with Crippen LogP contribution in [0.2, 0.25) is 0 Å². The molecule has 0 saturated carbocycles. The van der Waals surface area contributed by atoms with Crippen molar-refractivity contribution in [1.82, 2.24) is 0 Å². The second-order valence-electron chi connectivity index (χ2n) is 4.03. The lowest BCUT2D eigenvalue weighted by Gasteiger charge is -2.18. The predicted molar refractivity (Wildman–Crippen MR) is 61.7 cm³/mol. The summed E-state index contributed by atoms with van der Waals surface area (Å²) in [6.07, 6.45) is 0. The molecule has 0 nitrogen and oxygen atoms in total. The lowest BCUT2D eigenvalue weighted by molar-refractivity contribution is 0.590. The third-order valence-corrected chi connectivity index (χ3v) is 2.98. The molecule has 13 heavy (non-hydrogen) atoms. The van der Waals surface area contributed by atoms with Gasteiger partial charge in [-0.1, -0.05) is 32.9 Å². The van der Waals surface area contributed by atoms with Gasteiger partial charge in [-0.15, -0.1) is 23.4 Å². The molecule has 0 aliphatic carbocycles. The van der Waals surface area contributed by atoms with E-state index in [4.69, 9.17) is 11.6 Å². The Kier molecular flexibility index (Phi) is 3.69. The zero-order valence-electron chi connectivity index (χ0n) is 8.30. The number of rotatable bonds is 2. The maximum atomic E-state index is 5.63. The highest BCUT2D eigenvalue weighted by molar-refractivity contribution is 8.00. The highest BCUT2D eigenvalue weighted by Gasteiger charge is 2.12. The number of alkyl halides is 1. The molecule has 0 atom stereocenters. The second-order valence-corrected chi connectivity index (χ2v) is 5.66. The Morgan fingerprint density at radius 2 is 1.69 bits per heavy atom. The van der Waals surface area contributed by atoms with E-state index in [9.17, 15) is 0 Å². The van der Waals surface area contributed by atoms with Gasteiger partial charge in [0.05, 0.1) is 5.21 Å². The van der Waals surface area contributed by atoms with Gasteiger partial charge in [0, 0.05) is 4.90 Å². The Hall–Kier alpha value is -0.140. The zero-order valence-corrected chi connectivity index (χ0v) is 9.88. The van der Waals surface area contributed by atoms with Crippen LogP contribution < -0.4 is 0 Å². The number of benzene rings is 1. The van der Waals surface area contributed by atoms with E-state index in [2.05, 4.69) is 45.0 Å². The molecule has 0 fully saturated rings. The lowest BCUT2D eigenvalue weighted by atomic mass is 9.87. The fourth-order valence-electron chi connectivity index (χ4n) is 1.11. The monoisotopic (exact) mass is 214 g/mol. The molecule has 0 spiro atoms. The standard InChI is InChI=1S/C11H15ClS/c1-11(2,3)9-4-6-10(7-5-9)13-8-12/h4-7H,8H2,1-3H3. The third-order valence-electron chi connectivity index (χ3n) is 1.94. The van der Waals surface area contributed by atoms with Gasteiger partial charge in [-0.05, 0) is 23.1 Å². The van der Waals surface area contributed by atoms with Crippen molar-refractivity contribution in [3.63, 3.8) is 0 Å². The van der Waals surface area contributed by atoms with Gasteiger partial charge < -0.3 is 0 Å². The number of thioether (sulfide) groups is 1. The van der Waals surface area contributed by atoms with E-state index in [-0.39, 0.29) is 5.41 Å². The first-order valence-corrected chi connectivity index (χ1v) is 5.85. The van der Waals surface area contributed by atoms with Gasteiger partial charge in [0.2, 0.25) is 0 Å². The molecule has 1 aromatic carbocycles. The van der Waals surface area contributed by atoms with Crippen LogP contribution in [0.4, 0.5) is 0 Å². The normalized spacial score (nSPS) is 11.7. The van der Waals surface area contributed by atoms with Crippen LogP contribution in [0, 0.1) is 0 Å². The van der Waals surface area contributed by atoms with Crippen LogP contribution in [0.25, 0.3) is 0 Å². The molecule has 0 unspecified atom stereocenters. The largest absolute Gasteiger partial charge is 0.114 e. The average Bonchev–Trinajstić information content (AvgIpc) is 2.04. The molecule has 0 N–H and O–H groups in total. The summed E-state index contributed by atoms with van der Waals surface area (Å²) in [6.45, 7) is 6.66. The van der Waals surface area contributed by atoms with Crippen LogP contribution in [-0.4, -0.2) is 5.21 Å². The van der Waals surface area contributed by atoms with Crippen molar-refractivity contribution in [3.8, 4) is 0 Å². The fraction of sp³-hybridized carbons (Fsp3) is 0.455. The highest BCUT2D eigenvalue weighted by Crippen LogP contribution is 2.25. The second kappa shape index (κ2) is 4.39. The smallest absolute Gasteiger partial charge is 0.0727 e. The molecule has 0 heterocycles. The molecule has 0 aliphatic rings. The van der Waals surface area contributed by atoms with Gasteiger partial charge in [0.1, 0.15) is 0 Å². The van der Waals surface area contributed by atoms with Gasteiger partial charge >= 0.3 is 0 Å². The van der Waals surface area contributed by atoms with Crippen molar-refractivity contribution in [2.45, 2.75) is 31.1 Å². The SMILES string of the molecule is CC(C)(C)c1ccc(SCCl)cc1. The Labute approximate surface area is 89.7 Å². The molecule has 1 rings (SSSR count). The molecule has 2 heteroatoms. The Morgan fingerprint density at radius 1 is 1.15 bits per heavy atom. The highest BCUT2D eigenvalue weighted by atomic mass is 35.5. The van der Waals surface area contributed by atoms with E-state index in [0.29, 0.717) is 5.21 Å². The summed E-state index contributed by atoms with van der Waals surface area (Å²) < 4.78 is 0. The quantitative estimate of drug-likeness (QED) is 0.523. The summed E-state index contributed by atoms with van der Waals surface area (Å²) in [5, 5.41) is 0.620. The van der Waals surface area contributed by atoms with Gasteiger partial charge in [0.25, 0.3) is 0 Å².